The van der Waals surface area contributed by atoms with E-state index in [1.807, 2.05) is 51.1 Å². The molecule has 3 atom stereocenters. The number of benzene rings is 2. The molecule has 0 aliphatic carbocycles. The number of nitrogens with two attached hydrogens (primary N) is 2. The van der Waals surface area contributed by atoms with Crippen LogP contribution in [-0.4, -0.2) is 60.6 Å². The third-order valence-electron chi connectivity index (χ3n) is 6.07. The Hall–Kier alpha value is -3.35. The number of aryl methyl sites for hydroxylation is 1. The Morgan fingerprint density at radius 3 is 2.45 bits per heavy atom. The van der Waals surface area contributed by atoms with E-state index in [0.29, 0.717) is 31.6 Å². The summed E-state index contributed by atoms with van der Waals surface area (Å²) in [5.74, 6) is 1.37. The van der Waals surface area contributed by atoms with Crippen LogP contribution in [-0.2, 0) is 22.5 Å². The molecule has 0 bridgehead atoms. The Balaban J connectivity index is 1.72. The van der Waals surface area contributed by atoms with Gasteiger partial charge in [0.15, 0.2) is 0 Å². The molecule has 11 nitrogen and oxygen atoms in total. The Bertz CT molecular complexity index is 1130. The van der Waals surface area contributed by atoms with Crippen LogP contribution in [0.1, 0.15) is 35.1 Å². The first-order valence-electron chi connectivity index (χ1n) is 12.2. The molecule has 0 saturated heterocycles. The summed E-state index contributed by atoms with van der Waals surface area (Å²) in [5, 5.41) is 12.9. The molecule has 0 heterocycles. The maximum absolute atomic E-state index is 12.4. The van der Waals surface area contributed by atoms with Crippen LogP contribution in [0.5, 0.6) is 17.2 Å². The molecular formula is C26H39N5O6S. The number of hydrogen-bond acceptors (Lipinski definition) is 8. The first kappa shape index (κ1) is 30.9. The third-order valence-corrected chi connectivity index (χ3v) is 6.76. The number of aliphatic hydroxyl groups is 1. The largest absolute Gasteiger partial charge is 0.497 e. The molecule has 210 valence electrons. The summed E-state index contributed by atoms with van der Waals surface area (Å²) < 4.78 is 30.9. The molecule has 0 saturated carbocycles. The average Bonchev–Trinajstić information content (AvgIpc) is 2.90. The van der Waals surface area contributed by atoms with Gasteiger partial charge in [0.25, 0.3) is 0 Å². The molecule has 7 N–H and O–H groups in total. The van der Waals surface area contributed by atoms with Gasteiger partial charge in [0.2, 0.25) is 11.9 Å². The number of guanidine groups is 1. The van der Waals surface area contributed by atoms with Crippen molar-refractivity contribution in [2.45, 2.75) is 52.2 Å². The topological polar surface area (TPSA) is 171 Å². The van der Waals surface area contributed by atoms with Crippen LogP contribution < -0.4 is 35.2 Å². The van der Waals surface area contributed by atoms with Gasteiger partial charge >= 0.3 is 11.3 Å². The Kier molecular flexibility index (Phi) is 12.3. The number of hydrogen-bond donors (Lipinski definition) is 5. The summed E-state index contributed by atoms with van der Waals surface area (Å²) in [5.41, 5.74) is 15.3. The molecule has 2 aromatic rings. The normalized spacial score (nSPS) is 13.8. The van der Waals surface area contributed by atoms with Crippen LogP contribution in [0.2, 0.25) is 0 Å². The van der Waals surface area contributed by atoms with Crippen LogP contribution in [0, 0.1) is 20.8 Å². The molecule has 0 aliphatic rings. The SMILES string of the molecule is COc1ccc(CCNC(=O)C(O)C(N)CCCN=C(N)NS(=O)Oc2c(C)cc(OC)c(C)c2C)cc1. The fourth-order valence-electron chi connectivity index (χ4n) is 3.68. The summed E-state index contributed by atoms with van der Waals surface area (Å²) in [6.07, 6.45) is 0.0718. The zero-order valence-corrected chi connectivity index (χ0v) is 23.4. The van der Waals surface area contributed by atoms with Crippen molar-refractivity contribution in [3.8, 4) is 17.2 Å². The molecule has 38 heavy (non-hydrogen) atoms. The van der Waals surface area contributed by atoms with E-state index in [9.17, 15) is 14.1 Å². The maximum atomic E-state index is 12.4. The summed E-state index contributed by atoms with van der Waals surface area (Å²) in [6, 6.07) is 8.57. The van der Waals surface area contributed by atoms with Crippen molar-refractivity contribution < 1.29 is 27.8 Å². The Morgan fingerprint density at radius 1 is 1.13 bits per heavy atom. The standard InChI is InChI=1S/C26H39N5O6S/c1-16-15-22(36-5)17(2)18(3)24(16)37-38(34)31-26(28)30-13-6-7-21(27)23(32)25(33)29-14-12-19-8-10-20(35-4)11-9-19/h8-11,15,21,23,32H,6-7,12-14,27H2,1-5H3,(H,29,33)(H3,28,30,31). The number of amides is 1. The van der Waals surface area contributed by atoms with E-state index < -0.39 is 29.3 Å². The number of aliphatic imine (C=N–C) groups is 1. The van der Waals surface area contributed by atoms with Gasteiger partial charge in [0.1, 0.15) is 23.4 Å². The highest BCUT2D eigenvalue weighted by Crippen LogP contribution is 2.33. The van der Waals surface area contributed by atoms with Crippen molar-refractivity contribution in [3.63, 3.8) is 0 Å². The zero-order chi connectivity index (χ0) is 28.2. The van der Waals surface area contributed by atoms with Gasteiger partial charge in [-0.15, -0.1) is 0 Å². The van der Waals surface area contributed by atoms with E-state index >= 15 is 0 Å². The molecule has 1 amide bonds. The molecular weight excluding hydrogens is 510 g/mol. The van der Waals surface area contributed by atoms with Crippen molar-refractivity contribution in [1.29, 1.82) is 0 Å². The lowest BCUT2D eigenvalue weighted by Crippen LogP contribution is -2.46. The minimum absolute atomic E-state index is 0.0609. The van der Waals surface area contributed by atoms with Crippen molar-refractivity contribution in [2.24, 2.45) is 16.5 Å². The van der Waals surface area contributed by atoms with Crippen LogP contribution in [0.4, 0.5) is 0 Å². The fraction of sp³-hybridized carbons (Fsp3) is 0.462. The molecule has 2 rings (SSSR count). The molecule has 0 aliphatic heterocycles. The van der Waals surface area contributed by atoms with Gasteiger partial charge in [-0.3, -0.25) is 9.79 Å². The molecule has 0 fully saturated rings. The smallest absolute Gasteiger partial charge is 0.318 e. The van der Waals surface area contributed by atoms with Gasteiger partial charge in [-0.05, 0) is 80.5 Å². The number of carbonyl (C=O) groups is 1. The number of methoxy groups -OCH3 is 2. The summed E-state index contributed by atoms with van der Waals surface area (Å²) in [4.78, 5) is 16.3. The lowest BCUT2D eigenvalue weighted by molar-refractivity contribution is -0.130. The van der Waals surface area contributed by atoms with Gasteiger partial charge in [0.05, 0.1) is 14.2 Å². The average molecular weight is 550 g/mol. The van der Waals surface area contributed by atoms with Gasteiger partial charge in [-0.25, -0.2) is 4.72 Å². The van der Waals surface area contributed by atoms with Crippen molar-refractivity contribution >= 4 is 23.1 Å². The maximum Gasteiger partial charge on any atom is 0.318 e. The first-order valence-corrected chi connectivity index (χ1v) is 13.3. The minimum atomic E-state index is -1.96. The summed E-state index contributed by atoms with van der Waals surface area (Å²) in [6.45, 7) is 6.21. The van der Waals surface area contributed by atoms with Gasteiger partial charge in [-0.1, -0.05) is 12.1 Å². The number of aliphatic hydroxyl groups excluding tert-OH is 1. The highest BCUT2D eigenvalue weighted by atomic mass is 32.2. The molecule has 0 spiro atoms. The van der Waals surface area contributed by atoms with Crippen LogP contribution in [0.25, 0.3) is 0 Å². The third kappa shape index (κ3) is 9.19. The number of ether oxygens (including phenoxy) is 2. The van der Waals surface area contributed by atoms with Crippen molar-refractivity contribution in [3.05, 3.63) is 52.6 Å². The lowest BCUT2D eigenvalue weighted by Gasteiger charge is -2.18. The first-order chi connectivity index (χ1) is 18.1. The minimum Gasteiger partial charge on any atom is -0.497 e. The van der Waals surface area contributed by atoms with E-state index in [0.717, 1.165) is 33.8 Å². The highest BCUT2D eigenvalue weighted by molar-refractivity contribution is 7.79. The van der Waals surface area contributed by atoms with Crippen molar-refractivity contribution in [2.75, 3.05) is 27.3 Å². The number of nitrogens with zero attached hydrogens (tertiary/aromatic N) is 1. The summed E-state index contributed by atoms with van der Waals surface area (Å²) in [7, 11) is 3.19. The lowest BCUT2D eigenvalue weighted by atomic mass is 10.0. The second-order valence-electron chi connectivity index (χ2n) is 8.80. The number of nitrogens with one attached hydrogen (secondary N) is 2. The van der Waals surface area contributed by atoms with E-state index in [-0.39, 0.29) is 12.5 Å². The predicted octanol–water partition coefficient (Wildman–Crippen LogP) is 1.32. The monoisotopic (exact) mass is 549 g/mol. The van der Waals surface area contributed by atoms with E-state index in [1.54, 1.807) is 14.2 Å². The molecule has 3 unspecified atom stereocenters. The highest BCUT2D eigenvalue weighted by Gasteiger charge is 2.22. The molecule has 0 aromatic heterocycles. The quantitative estimate of drug-likeness (QED) is 0.133. The van der Waals surface area contributed by atoms with E-state index in [2.05, 4.69) is 15.0 Å². The van der Waals surface area contributed by atoms with Crippen LogP contribution in [0.3, 0.4) is 0 Å². The van der Waals surface area contributed by atoms with Gasteiger partial charge in [-0.2, -0.15) is 4.21 Å². The van der Waals surface area contributed by atoms with Gasteiger partial charge < -0.3 is 35.5 Å². The molecule has 2 aromatic carbocycles. The molecule has 12 heteroatoms. The second kappa shape index (κ2) is 15.2. The van der Waals surface area contributed by atoms with Crippen LogP contribution >= 0.6 is 0 Å². The number of carbonyl (C=O) groups excluding carboxylic acids is 1. The predicted molar refractivity (Wildman–Crippen MR) is 149 cm³/mol. The Labute approximate surface area is 226 Å². The number of rotatable bonds is 14. The summed E-state index contributed by atoms with van der Waals surface area (Å²) >= 11 is -1.96. The van der Waals surface area contributed by atoms with Crippen LogP contribution in [0.15, 0.2) is 35.3 Å². The molecule has 0 radical (unpaired) electrons. The van der Waals surface area contributed by atoms with E-state index in [1.165, 1.54) is 0 Å². The van der Waals surface area contributed by atoms with E-state index in [4.69, 9.17) is 25.1 Å². The van der Waals surface area contributed by atoms with Crippen molar-refractivity contribution in [1.82, 2.24) is 10.0 Å². The second-order valence-corrected chi connectivity index (χ2v) is 9.64. The zero-order valence-electron chi connectivity index (χ0n) is 22.6. The van der Waals surface area contributed by atoms with Gasteiger partial charge in [0, 0.05) is 19.1 Å². The Morgan fingerprint density at radius 2 is 1.82 bits per heavy atom. The fourth-order valence-corrected chi connectivity index (χ4v) is 4.37.